The van der Waals surface area contributed by atoms with Gasteiger partial charge in [-0.05, 0) is 32.3 Å². The van der Waals surface area contributed by atoms with Gasteiger partial charge in [0.15, 0.2) is 0 Å². The van der Waals surface area contributed by atoms with Crippen LogP contribution in [0, 0.1) is 12.3 Å². The van der Waals surface area contributed by atoms with E-state index in [1.165, 1.54) is 9.87 Å². The minimum atomic E-state index is -3.20. The Balaban J connectivity index is 1.72. The molecule has 1 aromatic rings. The fourth-order valence-electron chi connectivity index (χ4n) is 3.71. The second-order valence-electron chi connectivity index (χ2n) is 6.73. The predicted octanol–water partition coefficient (Wildman–Crippen LogP) is 1.77. The van der Waals surface area contributed by atoms with Gasteiger partial charge in [0.1, 0.15) is 0 Å². The molecule has 1 atom stereocenters. The van der Waals surface area contributed by atoms with Gasteiger partial charge in [0, 0.05) is 26.2 Å². The van der Waals surface area contributed by atoms with Gasteiger partial charge in [-0.3, -0.25) is 4.79 Å². The molecule has 0 radical (unpaired) electrons. The monoisotopic (exact) mass is 336 g/mol. The van der Waals surface area contributed by atoms with Gasteiger partial charge in [0.25, 0.3) is 0 Å². The van der Waals surface area contributed by atoms with Crippen molar-refractivity contribution in [3.05, 3.63) is 35.4 Å². The fraction of sp³-hybridized carbons (Fsp3) is 0.588. The second-order valence-corrected chi connectivity index (χ2v) is 8.99. The number of sulfonamides is 1. The molecular formula is C17H24N2O3S. The number of benzene rings is 1. The Kier molecular flexibility index (Phi) is 4.23. The average molecular weight is 336 g/mol. The van der Waals surface area contributed by atoms with Crippen LogP contribution in [0.5, 0.6) is 0 Å². The third-order valence-electron chi connectivity index (χ3n) is 5.13. The standard InChI is InChI=1S/C17H24N2O3S/c1-3-23(21,22)19-10-8-17(13-19)7-9-18(16(17)20)12-15-6-4-5-14(2)11-15/h4-6,11H,3,7-10,12-13H2,1-2H3/t17-/m0/s1. The molecule has 3 rings (SSSR count). The van der Waals surface area contributed by atoms with Crippen LogP contribution in [0.2, 0.25) is 0 Å². The Bertz CT molecular complexity index is 716. The van der Waals surface area contributed by atoms with Crippen molar-refractivity contribution in [2.45, 2.75) is 33.2 Å². The first-order valence-electron chi connectivity index (χ1n) is 8.19. The normalized spacial score (nSPS) is 25.7. The third-order valence-corrected chi connectivity index (χ3v) is 6.96. The van der Waals surface area contributed by atoms with E-state index < -0.39 is 15.4 Å². The Morgan fingerprint density at radius 1 is 1.22 bits per heavy atom. The van der Waals surface area contributed by atoms with Crippen molar-refractivity contribution in [2.24, 2.45) is 5.41 Å². The van der Waals surface area contributed by atoms with Crippen molar-refractivity contribution in [2.75, 3.05) is 25.4 Å². The quantitative estimate of drug-likeness (QED) is 0.842. The van der Waals surface area contributed by atoms with Gasteiger partial charge >= 0.3 is 0 Å². The number of carbonyl (C=O) groups excluding carboxylic acids is 1. The highest BCUT2D eigenvalue weighted by atomic mass is 32.2. The maximum atomic E-state index is 12.9. The van der Waals surface area contributed by atoms with Crippen molar-refractivity contribution in [1.29, 1.82) is 0 Å². The van der Waals surface area contributed by atoms with Gasteiger partial charge in [-0.1, -0.05) is 29.8 Å². The largest absolute Gasteiger partial charge is 0.338 e. The summed E-state index contributed by atoms with van der Waals surface area (Å²) in [6, 6.07) is 8.18. The third kappa shape index (κ3) is 3.02. The van der Waals surface area contributed by atoms with Crippen LogP contribution in [-0.4, -0.2) is 48.9 Å². The molecule has 6 heteroatoms. The van der Waals surface area contributed by atoms with Gasteiger partial charge in [-0.15, -0.1) is 0 Å². The molecule has 0 unspecified atom stereocenters. The molecule has 1 spiro atoms. The summed E-state index contributed by atoms with van der Waals surface area (Å²) in [5.41, 5.74) is 1.82. The summed E-state index contributed by atoms with van der Waals surface area (Å²) < 4.78 is 25.6. The first kappa shape index (κ1) is 16.5. The molecule has 0 bridgehead atoms. The van der Waals surface area contributed by atoms with E-state index in [1.807, 2.05) is 30.0 Å². The summed E-state index contributed by atoms with van der Waals surface area (Å²) in [5, 5.41) is 0. The molecule has 126 valence electrons. The van der Waals surface area contributed by atoms with E-state index in [1.54, 1.807) is 6.92 Å². The van der Waals surface area contributed by atoms with Crippen molar-refractivity contribution in [3.63, 3.8) is 0 Å². The molecule has 2 fully saturated rings. The summed E-state index contributed by atoms with van der Waals surface area (Å²) in [6.45, 7) is 5.85. The number of rotatable bonds is 4. The van der Waals surface area contributed by atoms with Crippen LogP contribution < -0.4 is 0 Å². The highest BCUT2D eigenvalue weighted by Gasteiger charge is 2.52. The maximum absolute atomic E-state index is 12.9. The van der Waals surface area contributed by atoms with E-state index >= 15 is 0 Å². The molecule has 0 N–H and O–H groups in total. The second kappa shape index (κ2) is 5.91. The Labute approximate surface area is 138 Å². The summed E-state index contributed by atoms with van der Waals surface area (Å²) in [5.74, 6) is 0.220. The average Bonchev–Trinajstić information content (AvgIpc) is 3.08. The smallest absolute Gasteiger partial charge is 0.230 e. The van der Waals surface area contributed by atoms with Gasteiger partial charge in [-0.25, -0.2) is 12.7 Å². The molecule has 2 aliphatic rings. The Morgan fingerprint density at radius 3 is 2.65 bits per heavy atom. The zero-order valence-corrected chi connectivity index (χ0v) is 14.6. The van der Waals surface area contributed by atoms with Crippen LogP contribution in [0.1, 0.15) is 30.9 Å². The van der Waals surface area contributed by atoms with Crippen LogP contribution >= 0.6 is 0 Å². The summed E-state index contributed by atoms with van der Waals surface area (Å²) in [7, 11) is -3.20. The lowest BCUT2D eigenvalue weighted by molar-refractivity contribution is -0.135. The molecule has 23 heavy (non-hydrogen) atoms. The number of hydrogen-bond donors (Lipinski definition) is 0. The first-order chi connectivity index (χ1) is 10.9. The van der Waals surface area contributed by atoms with Crippen molar-refractivity contribution >= 4 is 15.9 Å². The lowest BCUT2D eigenvalue weighted by Crippen LogP contribution is -2.38. The lowest BCUT2D eigenvalue weighted by Gasteiger charge is -2.23. The number of hydrogen-bond acceptors (Lipinski definition) is 3. The Hall–Kier alpha value is -1.40. The minimum Gasteiger partial charge on any atom is -0.338 e. The van der Waals surface area contributed by atoms with E-state index in [-0.39, 0.29) is 11.7 Å². The summed E-state index contributed by atoms with van der Waals surface area (Å²) >= 11 is 0. The van der Waals surface area contributed by atoms with E-state index in [0.29, 0.717) is 32.6 Å². The van der Waals surface area contributed by atoms with Gasteiger partial charge in [-0.2, -0.15) is 0 Å². The molecule has 2 saturated heterocycles. The van der Waals surface area contributed by atoms with Crippen molar-refractivity contribution in [3.8, 4) is 0 Å². The number of carbonyl (C=O) groups is 1. The topological polar surface area (TPSA) is 57.7 Å². The SMILES string of the molecule is CCS(=O)(=O)N1CC[C@@]2(CCN(Cc3cccc(C)c3)C2=O)C1. The molecule has 2 aliphatic heterocycles. The zero-order chi connectivity index (χ0) is 16.7. The van der Waals surface area contributed by atoms with E-state index in [9.17, 15) is 13.2 Å². The van der Waals surface area contributed by atoms with Crippen LogP contribution in [-0.2, 0) is 21.4 Å². The molecule has 1 amide bonds. The highest BCUT2D eigenvalue weighted by molar-refractivity contribution is 7.89. The van der Waals surface area contributed by atoms with Crippen molar-refractivity contribution < 1.29 is 13.2 Å². The van der Waals surface area contributed by atoms with Gasteiger partial charge in [0.05, 0.1) is 11.2 Å². The van der Waals surface area contributed by atoms with Crippen LogP contribution in [0.4, 0.5) is 0 Å². The van der Waals surface area contributed by atoms with E-state index in [0.717, 1.165) is 12.0 Å². The molecule has 0 aliphatic carbocycles. The lowest BCUT2D eigenvalue weighted by atomic mass is 9.86. The van der Waals surface area contributed by atoms with Gasteiger partial charge in [0.2, 0.25) is 15.9 Å². The molecule has 1 aromatic carbocycles. The van der Waals surface area contributed by atoms with Gasteiger partial charge < -0.3 is 4.90 Å². The number of likely N-dealkylation sites (tertiary alicyclic amines) is 1. The molecule has 5 nitrogen and oxygen atoms in total. The zero-order valence-electron chi connectivity index (χ0n) is 13.8. The number of aryl methyl sites for hydroxylation is 1. The molecule has 0 saturated carbocycles. The predicted molar refractivity (Wildman–Crippen MR) is 89.3 cm³/mol. The number of nitrogens with zero attached hydrogens (tertiary/aromatic N) is 2. The van der Waals surface area contributed by atoms with Crippen LogP contribution in [0.15, 0.2) is 24.3 Å². The van der Waals surface area contributed by atoms with Crippen molar-refractivity contribution in [1.82, 2.24) is 9.21 Å². The molecular weight excluding hydrogens is 312 g/mol. The molecule has 2 heterocycles. The van der Waals surface area contributed by atoms with E-state index in [4.69, 9.17) is 0 Å². The van der Waals surface area contributed by atoms with Crippen LogP contribution in [0.25, 0.3) is 0 Å². The minimum absolute atomic E-state index is 0.101. The first-order valence-corrected chi connectivity index (χ1v) is 9.80. The van der Waals surface area contributed by atoms with E-state index in [2.05, 4.69) is 6.07 Å². The highest BCUT2D eigenvalue weighted by Crippen LogP contribution is 2.42. The Morgan fingerprint density at radius 2 is 1.96 bits per heavy atom. The van der Waals surface area contributed by atoms with Crippen LogP contribution in [0.3, 0.4) is 0 Å². The summed E-state index contributed by atoms with van der Waals surface area (Å²) in [4.78, 5) is 14.8. The number of amides is 1. The fourth-order valence-corrected chi connectivity index (χ4v) is 4.89. The maximum Gasteiger partial charge on any atom is 0.230 e. The molecule has 0 aromatic heterocycles. The summed E-state index contributed by atoms with van der Waals surface area (Å²) in [6.07, 6.45) is 1.41.